The first-order chi connectivity index (χ1) is 15.2. The monoisotopic (exact) mass is 404 g/mol. The predicted molar refractivity (Wildman–Crippen MR) is 130 cm³/mol. The largest absolute Gasteiger partial charge is 0.0764 e. The molecule has 3 aliphatic carbocycles. The first-order valence-corrected chi connectivity index (χ1v) is 12.1. The minimum atomic E-state index is 0.441. The molecular weight excluding hydrogens is 372 g/mol. The molecule has 0 N–H and O–H groups in total. The van der Waals surface area contributed by atoms with Crippen LogP contribution < -0.4 is 0 Å². The van der Waals surface area contributed by atoms with E-state index in [1.54, 1.807) is 22.3 Å². The van der Waals surface area contributed by atoms with E-state index in [0.717, 1.165) is 5.92 Å². The van der Waals surface area contributed by atoms with Gasteiger partial charge in [0, 0.05) is 0 Å². The lowest BCUT2D eigenvalue weighted by molar-refractivity contribution is 0.0906. The molecule has 3 aromatic rings. The van der Waals surface area contributed by atoms with E-state index in [4.69, 9.17) is 0 Å². The second-order valence-electron chi connectivity index (χ2n) is 10.3. The molecule has 0 heterocycles. The highest BCUT2D eigenvalue weighted by Gasteiger charge is 2.50. The molecule has 1 spiro atoms. The van der Waals surface area contributed by atoms with Gasteiger partial charge in [-0.25, -0.2) is 0 Å². The summed E-state index contributed by atoms with van der Waals surface area (Å²) in [6.07, 6.45) is 10.6. The van der Waals surface area contributed by atoms with Crippen LogP contribution in [0.2, 0.25) is 0 Å². The van der Waals surface area contributed by atoms with Crippen LogP contribution in [0.3, 0.4) is 0 Å². The molecule has 0 saturated heterocycles. The number of aryl methyl sites for hydroxylation is 1. The molecular formula is C31H32. The smallest absolute Gasteiger partial charge is 0.00501 e. The molecule has 1 fully saturated rings. The quantitative estimate of drug-likeness (QED) is 0.405. The van der Waals surface area contributed by atoms with Gasteiger partial charge in [-0.1, -0.05) is 90.5 Å². The van der Waals surface area contributed by atoms with Crippen molar-refractivity contribution in [2.75, 3.05) is 0 Å². The lowest BCUT2D eigenvalue weighted by atomic mass is 9.54. The minimum Gasteiger partial charge on any atom is -0.0764 e. The second-order valence-corrected chi connectivity index (χ2v) is 10.3. The maximum atomic E-state index is 2.70. The van der Waals surface area contributed by atoms with Gasteiger partial charge in [0.2, 0.25) is 0 Å². The van der Waals surface area contributed by atoms with E-state index in [1.165, 1.54) is 49.7 Å². The van der Waals surface area contributed by atoms with E-state index in [-0.39, 0.29) is 0 Å². The van der Waals surface area contributed by atoms with Crippen molar-refractivity contribution in [3.05, 3.63) is 113 Å². The summed E-state index contributed by atoms with van der Waals surface area (Å²) >= 11 is 0. The van der Waals surface area contributed by atoms with E-state index in [0.29, 0.717) is 17.3 Å². The molecule has 156 valence electrons. The Morgan fingerprint density at radius 1 is 0.774 bits per heavy atom. The van der Waals surface area contributed by atoms with Gasteiger partial charge in [0.05, 0.1) is 0 Å². The Hall–Kier alpha value is -2.60. The minimum absolute atomic E-state index is 0.441. The van der Waals surface area contributed by atoms with Gasteiger partial charge in [0.1, 0.15) is 0 Å². The van der Waals surface area contributed by atoms with Crippen molar-refractivity contribution in [3.63, 3.8) is 0 Å². The van der Waals surface area contributed by atoms with Gasteiger partial charge in [0.25, 0.3) is 0 Å². The summed E-state index contributed by atoms with van der Waals surface area (Å²) in [5, 5.41) is 0. The Labute approximate surface area is 187 Å². The topological polar surface area (TPSA) is 0 Å². The maximum Gasteiger partial charge on any atom is -0.00501 e. The van der Waals surface area contributed by atoms with E-state index in [9.17, 15) is 0 Å². The fraction of sp³-hybridized carbons (Fsp3) is 0.355. The van der Waals surface area contributed by atoms with Crippen molar-refractivity contribution < 1.29 is 0 Å². The Morgan fingerprint density at radius 2 is 1.48 bits per heavy atom. The molecule has 2 unspecified atom stereocenters. The highest BCUT2D eigenvalue weighted by atomic mass is 14.5. The van der Waals surface area contributed by atoms with E-state index >= 15 is 0 Å². The number of rotatable bonds is 2. The van der Waals surface area contributed by atoms with E-state index < -0.39 is 0 Å². The average molecular weight is 405 g/mol. The van der Waals surface area contributed by atoms with Gasteiger partial charge in [0.15, 0.2) is 0 Å². The molecule has 3 aromatic carbocycles. The van der Waals surface area contributed by atoms with Gasteiger partial charge in [-0.3, -0.25) is 0 Å². The van der Waals surface area contributed by atoms with Crippen molar-refractivity contribution in [3.8, 4) is 0 Å². The van der Waals surface area contributed by atoms with Crippen LogP contribution in [0.1, 0.15) is 71.8 Å². The molecule has 0 heteroatoms. The van der Waals surface area contributed by atoms with Gasteiger partial charge < -0.3 is 0 Å². The Balaban J connectivity index is 1.35. The summed E-state index contributed by atoms with van der Waals surface area (Å²) in [6.45, 7) is 2.18. The summed E-state index contributed by atoms with van der Waals surface area (Å²) in [4.78, 5) is 0. The Morgan fingerprint density at radius 3 is 2.26 bits per heavy atom. The Bertz CT molecular complexity index is 1090. The number of hydrogen-bond donors (Lipinski definition) is 0. The van der Waals surface area contributed by atoms with Gasteiger partial charge in [-0.15, -0.1) is 0 Å². The van der Waals surface area contributed by atoms with Crippen LogP contribution in [0.4, 0.5) is 0 Å². The van der Waals surface area contributed by atoms with Crippen molar-refractivity contribution in [2.45, 2.75) is 57.3 Å². The molecule has 2 atom stereocenters. The van der Waals surface area contributed by atoms with Crippen LogP contribution >= 0.6 is 0 Å². The van der Waals surface area contributed by atoms with Crippen LogP contribution in [0.15, 0.2) is 84.9 Å². The molecule has 0 radical (unpaired) electrons. The molecule has 0 nitrogen and oxygen atoms in total. The third-order valence-corrected chi connectivity index (χ3v) is 8.63. The Kier molecular flexibility index (Phi) is 4.64. The average Bonchev–Trinajstić information content (AvgIpc) is 3.28. The van der Waals surface area contributed by atoms with Gasteiger partial charge in [-0.05, 0) is 96.4 Å². The summed E-state index contributed by atoms with van der Waals surface area (Å²) in [7, 11) is 0. The van der Waals surface area contributed by atoms with Crippen LogP contribution in [0.25, 0.3) is 5.57 Å². The van der Waals surface area contributed by atoms with Gasteiger partial charge in [-0.2, -0.15) is 0 Å². The number of benzene rings is 3. The normalized spacial score (nSPS) is 29.3. The zero-order chi connectivity index (χ0) is 20.8. The fourth-order valence-electron chi connectivity index (χ4n) is 6.97. The van der Waals surface area contributed by atoms with Crippen molar-refractivity contribution >= 4 is 5.57 Å². The predicted octanol–water partition coefficient (Wildman–Crippen LogP) is 8.08. The molecule has 0 aliphatic heterocycles. The molecule has 1 saturated carbocycles. The summed E-state index contributed by atoms with van der Waals surface area (Å²) in [6, 6.07) is 29.8. The standard InChI is InChI=1S/C31H32/c1-22-11-13-24(14-12-22)27-19-29-28-10-6-5-9-26(28)21-31(30(29)20-27)17-15-25(16-18-31)23-7-3-2-4-8-23/h2-14,20,25,29-30H,15-19,21H2,1H3. The summed E-state index contributed by atoms with van der Waals surface area (Å²) in [5.41, 5.74) is 9.61. The second kappa shape index (κ2) is 7.52. The summed E-state index contributed by atoms with van der Waals surface area (Å²) < 4.78 is 0. The zero-order valence-corrected chi connectivity index (χ0v) is 18.6. The third-order valence-electron chi connectivity index (χ3n) is 8.63. The van der Waals surface area contributed by atoms with Crippen molar-refractivity contribution in [1.82, 2.24) is 0 Å². The molecule has 31 heavy (non-hydrogen) atoms. The lowest BCUT2D eigenvalue weighted by Crippen LogP contribution is -2.41. The van der Waals surface area contributed by atoms with Crippen LogP contribution in [0, 0.1) is 18.3 Å². The number of fused-ring (bicyclic) bond motifs is 4. The molecule has 3 aliphatic rings. The summed E-state index contributed by atoms with van der Waals surface area (Å²) in [5.74, 6) is 2.09. The van der Waals surface area contributed by atoms with Crippen molar-refractivity contribution in [1.29, 1.82) is 0 Å². The molecule has 6 rings (SSSR count). The first kappa shape index (κ1) is 19.1. The highest BCUT2D eigenvalue weighted by Crippen LogP contribution is 2.61. The molecule has 0 bridgehead atoms. The highest BCUT2D eigenvalue weighted by molar-refractivity contribution is 5.70. The maximum absolute atomic E-state index is 2.70. The van der Waals surface area contributed by atoms with E-state index in [1.807, 2.05) is 0 Å². The molecule has 0 amide bonds. The first-order valence-electron chi connectivity index (χ1n) is 12.1. The van der Waals surface area contributed by atoms with Crippen LogP contribution in [-0.4, -0.2) is 0 Å². The van der Waals surface area contributed by atoms with Gasteiger partial charge >= 0.3 is 0 Å². The zero-order valence-electron chi connectivity index (χ0n) is 18.6. The number of allylic oxidation sites excluding steroid dienone is 2. The van der Waals surface area contributed by atoms with E-state index in [2.05, 4.69) is 91.9 Å². The lowest BCUT2D eigenvalue weighted by Gasteiger charge is -2.50. The van der Waals surface area contributed by atoms with Crippen LogP contribution in [0.5, 0.6) is 0 Å². The van der Waals surface area contributed by atoms with Crippen molar-refractivity contribution in [2.24, 2.45) is 11.3 Å². The third kappa shape index (κ3) is 3.28. The number of hydrogen-bond acceptors (Lipinski definition) is 0. The van der Waals surface area contributed by atoms with Crippen LogP contribution in [-0.2, 0) is 6.42 Å². The fourth-order valence-corrected chi connectivity index (χ4v) is 6.97. The SMILES string of the molecule is Cc1ccc(C2=CC3C(C2)c2ccccc2CC32CCC(c3ccccc3)CC2)cc1. The molecule has 0 aromatic heterocycles.